The third-order valence-electron chi connectivity index (χ3n) is 4.20. The number of phenolic OH excluding ortho intramolecular Hbond substituents is 1. The van der Waals surface area contributed by atoms with Crippen molar-refractivity contribution >= 4 is 23.7 Å². The van der Waals surface area contributed by atoms with Gasteiger partial charge in [0.05, 0.1) is 6.21 Å². The highest BCUT2D eigenvalue weighted by atomic mass is 35.5. The number of carbonyl (C=O) groups is 1. The number of hydrazone groups is 1. The number of carbonyl (C=O) groups excluding carboxylic acids is 1. The molecule has 0 unspecified atom stereocenters. The van der Waals surface area contributed by atoms with Crippen LogP contribution in [0.3, 0.4) is 0 Å². The fraction of sp³-hybridized carbons (Fsp3) is 0.130. The average Bonchev–Trinajstić information content (AvgIpc) is 2.70. The summed E-state index contributed by atoms with van der Waals surface area (Å²) < 4.78 is 5.42. The van der Waals surface area contributed by atoms with E-state index in [2.05, 4.69) is 10.5 Å². The lowest BCUT2D eigenvalue weighted by Crippen LogP contribution is -2.24. The molecule has 6 heteroatoms. The van der Waals surface area contributed by atoms with Gasteiger partial charge in [-0.25, -0.2) is 5.43 Å². The second kappa shape index (κ2) is 9.75. The predicted molar refractivity (Wildman–Crippen MR) is 115 cm³/mol. The van der Waals surface area contributed by atoms with Crippen molar-refractivity contribution in [3.05, 3.63) is 94.0 Å². The molecule has 148 valence electrons. The summed E-state index contributed by atoms with van der Waals surface area (Å²) in [6.45, 7) is 1.79. The highest BCUT2D eigenvalue weighted by molar-refractivity contribution is 6.31. The number of aromatic hydroxyl groups is 1. The number of phenols is 1. The third kappa shape index (κ3) is 6.09. The van der Waals surface area contributed by atoms with Crippen LogP contribution >= 0.6 is 11.6 Å². The molecule has 3 aromatic carbocycles. The van der Waals surface area contributed by atoms with Crippen LogP contribution in [0.4, 0.5) is 0 Å². The van der Waals surface area contributed by atoms with Crippen molar-refractivity contribution in [2.45, 2.75) is 13.3 Å². The number of nitrogens with one attached hydrogen (secondary N) is 1. The Labute approximate surface area is 174 Å². The molecule has 0 fully saturated rings. The van der Waals surface area contributed by atoms with E-state index in [0.717, 1.165) is 16.7 Å². The summed E-state index contributed by atoms with van der Waals surface area (Å²) in [5, 5.41) is 14.6. The summed E-state index contributed by atoms with van der Waals surface area (Å²) in [6, 6.07) is 20.3. The van der Waals surface area contributed by atoms with Crippen LogP contribution in [0.1, 0.15) is 22.3 Å². The molecule has 1 amide bonds. The number of aryl methyl sites for hydroxylation is 1. The van der Waals surface area contributed by atoms with Crippen LogP contribution in [0.25, 0.3) is 0 Å². The van der Waals surface area contributed by atoms with E-state index in [0.29, 0.717) is 22.8 Å². The molecule has 0 radical (unpaired) electrons. The molecule has 0 saturated carbocycles. The number of halogens is 1. The molecular formula is C23H21ClN2O3. The van der Waals surface area contributed by atoms with Crippen molar-refractivity contribution in [3.63, 3.8) is 0 Å². The fourth-order valence-corrected chi connectivity index (χ4v) is 2.94. The number of ether oxygens (including phenoxy) is 1. The van der Waals surface area contributed by atoms with Gasteiger partial charge in [0.15, 0.2) is 6.61 Å². The van der Waals surface area contributed by atoms with Gasteiger partial charge in [0.1, 0.15) is 11.5 Å². The quantitative estimate of drug-likeness (QED) is 0.447. The van der Waals surface area contributed by atoms with Crippen molar-refractivity contribution in [1.82, 2.24) is 5.43 Å². The Morgan fingerprint density at radius 3 is 2.76 bits per heavy atom. The average molecular weight is 409 g/mol. The fourth-order valence-electron chi connectivity index (χ4n) is 2.74. The second-order valence-corrected chi connectivity index (χ2v) is 6.97. The molecule has 0 aliphatic heterocycles. The van der Waals surface area contributed by atoms with Gasteiger partial charge in [-0.2, -0.15) is 5.10 Å². The Bertz CT molecular complexity index is 1030. The Balaban J connectivity index is 1.58. The summed E-state index contributed by atoms with van der Waals surface area (Å²) in [6.07, 6.45) is 2.02. The largest absolute Gasteiger partial charge is 0.507 e. The number of rotatable bonds is 7. The van der Waals surface area contributed by atoms with Crippen LogP contribution < -0.4 is 10.2 Å². The molecule has 5 nitrogen and oxygen atoms in total. The first kappa shape index (κ1) is 20.4. The minimum absolute atomic E-state index is 0.0712. The molecule has 0 heterocycles. The molecule has 0 aliphatic carbocycles. The number of amides is 1. The normalized spacial score (nSPS) is 10.8. The lowest BCUT2D eigenvalue weighted by Gasteiger charge is -2.07. The SMILES string of the molecule is Cc1cccc(OCC(=O)NN=Cc2cc(Cc3ccccc3Cl)ccc2O)c1. The molecule has 0 aromatic heterocycles. The first-order chi connectivity index (χ1) is 14.0. The molecule has 0 aliphatic rings. The summed E-state index contributed by atoms with van der Waals surface area (Å²) >= 11 is 6.21. The van der Waals surface area contributed by atoms with Crippen molar-refractivity contribution in [2.24, 2.45) is 5.10 Å². The number of nitrogens with zero attached hydrogens (tertiary/aromatic N) is 1. The maximum atomic E-state index is 11.9. The zero-order valence-electron chi connectivity index (χ0n) is 15.9. The van der Waals surface area contributed by atoms with Gasteiger partial charge < -0.3 is 9.84 Å². The van der Waals surface area contributed by atoms with Crippen LogP contribution in [0.5, 0.6) is 11.5 Å². The van der Waals surface area contributed by atoms with Gasteiger partial charge in [-0.15, -0.1) is 0 Å². The van der Waals surface area contributed by atoms with Gasteiger partial charge >= 0.3 is 0 Å². The molecule has 29 heavy (non-hydrogen) atoms. The Kier molecular flexibility index (Phi) is 6.87. The topological polar surface area (TPSA) is 70.9 Å². The van der Waals surface area contributed by atoms with Gasteiger partial charge in [0.2, 0.25) is 0 Å². The zero-order chi connectivity index (χ0) is 20.6. The first-order valence-electron chi connectivity index (χ1n) is 9.08. The Morgan fingerprint density at radius 1 is 1.14 bits per heavy atom. The van der Waals surface area contributed by atoms with E-state index in [1.54, 1.807) is 18.2 Å². The molecule has 0 bridgehead atoms. The number of hydrogen-bond donors (Lipinski definition) is 2. The van der Waals surface area contributed by atoms with Crippen molar-refractivity contribution in [1.29, 1.82) is 0 Å². The predicted octanol–water partition coefficient (Wildman–Crippen LogP) is 4.47. The maximum Gasteiger partial charge on any atom is 0.277 e. The molecule has 0 atom stereocenters. The Hall–Kier alpha value is -3.31. The maximum absolute atomic E-state index is 11.9. The van der Waals surface area contributed by atoms with Crippen LogP contribution in [0.15, 0.2) is 71.8 Å². The second-order valence-electron chi connectivity index (χ2n) is 6.56. The lowest BCUT2D eigenvalue weighted by molar-refractivity contribution is -0.123. The lowest BCUT2D eigenvalue weighted by atomic mass is 10.0. The van der Waals surface area contributed by atoms with E-state index in [1.807, 2.05) is 55.5 Å². The standard InChI is InChI=1S/C23H21ClN2O3/c1-16-5-4-7-20(11-16)29-15-23(28)26-25-14-19-13-17(9-10-22(19)27)12-18-6-2-3-8-21(18)24/h2-11,13-14,27H,12,15H2,1H3,(H,26,28). The molecule has 3 rings (SSSR count). The van der Waals surface area contributed by atoms with Crippen LogP contribution in [-0.4, -0.2) is 23.8 Å². The zero-order valence-corrected chi connectivity index (χ0v) is 16.7. The molecule has 2 N–H and O–H groups in total. The minimum Gasteiger partial charge on any atom is -0.507 e. The molecule has 0 saturated heterocycles. The van der Waals surface area contributed by atoms with Crippen LogP contribution in [0.2, 0.25) is 5.02 Å². The summed E-state index contributed by atoms with van der Waals surface area (Å²) in [7, 11) is 0. The number of benzene rings is 3. The third-order valence-corrected chi connectivity index (χ3v) is 4.57. The first-order valence-corrected chi connectivity index (χ1v) is 9.46. The van der Waals surface area contributed by atoms with Gasteiger partial charge in [0.25, 0.3) is 5.91 Å². The van der Waals surface area contributed by atoms with Crippen molar-refractivity contribution in [2.75, 3.05) is 6.61 Å². The van der Waals surface area contributed by atoms with Crippen LogP contribution in [-0.2, 0) is 11.2 Å². The monoisotopic (exact) mass is 408 g/mol. The van der Waals surface area contributed by atoms with Gasteiger partial charge in [-0.05, 0) is 60.4 Å². The van der Waals surface area contributed by atoms with E-state index < -0.39 is 5.91 Å². The minimum atomic E-state index is -0.394. The van der Waals surface area contributed by atoms with Gasteiger partial charge in [-0.3, -0.25) is 4.79 Å². The van der Waals surface area contributed by atoms with E-state index in [-0.39, 0.29) is 12.4 Å². The van der Waals surface area contributed by atoms with E-state index in [9.17, 15) is 9.90 Å². The number of hydrogen-bond acceptors (Lipinski definition) is 4. The van der Waals surface area contributed by atoms with E-state index >= 15 is 0 Å². The van der Waals surface area contributed by atoms with Crippen molar-refractivity contribution < 1.29 is 14.6 Å². The molecular weight excluding hydrogens is 388 g/mol. The molecule has 3 aromatic rings. The van der Waals surface area contributed by atoms with Crippen LogP contribution in [0, 0.1) is 6.92 Å². The van der Waals surface area contributed by atoms with E-state index in [1.165, 1.54) is 6.21 Å². The summed E-state index contributed by atoms with van der Waals surface area (Å²) in [4.78, 5) is 11.9. The highest BCUT2D eigenvalue weighted by Gasteiger charge is 2.06. The summed E-state index contributed by atoms with van der Waals surface area (Å²) in [5.41, 5.74) is 5.89. The highest BCUT2D eigenvalue weighted by Crippen LogP contribution is 2.22. The smallest absolute Gasteiger partial charge is 0.277 e. The molecule has 0 spiro atoms. The Morgan fingerprint density at radius 2 is 1.97 bits per heavy atom. The summed E-state index contributed by atoms with van der Waals surface area (Å²) in [5.74, 6) is 0.297. The van der Waals surface area contributed by atoms with Gasteiger partial charge in [0, 0.05) is 10.6 Å². The van der Waals surface area contributed by atoms with E-state index in [4.69, 9.17) is 16.3 Å². The van der Waals surface area contributed by atoms with Gasteiger partial charge in [-0.1, -0.05) is 48.0 Å². The van der Waals surface area contributed by atoms with Crippen molar-refractivity contribution in [3.8, 4) is 11.5 Å².